The van der Waals surface area contributed by atoms with Gasteiger partial charge in [-0.15, -0.1) is 0 Å². The van der Waals surface area contributed by atoms with Crippen molar-refractivity contribution in [1.29, 1.82) is 0 Å². The van der Waals surface area contributed by atoms with Gasteiger partial charge in [-0.1, -0.05) is 0 Å². The van der Waals surface area contributed by atoms with E-state index in [1.54, 1.807) is 33.0 Å². The second-order valence-corrected chi connectivity index (χ2v) is 6.68. The van der Waals surface area contributed by atoms with Gasteiger partial charge in [0, 0.05) is 14.1 Å². The number of anilines is 1. The molecule has 2 N–H and O–H groups in total. The van der Waals surface area contributed by atoms with Crippen LogP contribution in [0.25, 0.3) is 0 Å². The molecule has 2 aromatic heterocycles. The molecular weight excluding hydrogens is 280 g/mol. The van der Waals surface area contributed by atoms with Crippen molar-refractivity contribution in [3.05, 3.63) is 29.3 Å². The summed E-state index contributed by atoms with van der Waals surface area (Å²) in [5, 5.41) is 3.94. The molecule has 0 unspecified atom stereocenters. The highest BCUT2D eigenvalue weighted by Gasteiger charge is 2.29. The third kappa shape index (κ3) is 2.44. The summed E-state index contributed by atoms with van der Waals surface area (Å²) in [5.74, 6) is 1.32. The molecule has 2 heterocycles. The normalized spacial score (nSPS) is 12.2. The monoisotopic (exact) mass is 298 g/mol. The first-order valence-electron chi connectivity index (χ1n) is 6.04. The summed E-state index contributed by atoms with van der Waals surface area (Å²) >= 11 is 0. The fourth-order valence-electron chi connectivity index (χ4n) is 1.96. The molecule has 20 heavy (non-hydrogen) atoms. The molecule has 0 aliphatic rings. The van der Waals surface area contributed by atoms with Crippen LogP contribution in [0.15, 0.2) is 21.4 Å². The molecule has 0 bridgehead atoms. The largest absolute Gasteiger partial charge is 0.465 e. The summed E-state index contributed by atoms with van der Waals surface area (Å²) in [6.07, 6.45) is 0. The molecule has 110 valence electrons. The minimum absolute atomic E-state index is 0.00692. The Morgan fingerprint density at radius 2 is 2.05 bits per heavy atom. The summed E-state index contributed by atoms with van der Waals surface area (Å²) in [6, 6.07) is 3.54. The lowest BCUT2D eigenvalue weighted by atomic mass is 10.4. The number of aryl methyl sites for hydroxylation is 2. The lowest BCUT2D eigenvalue weighted by molar-refractivity contribution is 0.397. The third-order valence-corrected chi connectivity index (χ3v) is 5.12. The quantitative estimate of drug-likeness (QED) is 0.910. The van der Waals surface area contributed by atoms with Gasteiger partial charge in [0.2, 0.25) is 10.0 Å². The van der Waals surface area contributed by atoms with Gasteiger partial charge in [0.05, 0.1) is 12.2 Å². The van der Waals surface area contributed by atoms with Crippen LogP contribution < -0.4 is 5.73 Å². The Labute approximate surface area is 118 Å². The highest BCUT2D eigenvalue weighted by Crippen LogP contribution is 2.25. The Morgan fingerprint density at radius 3 is 2.50 bits per heavy atom. The number of sulfonamides is 1. The number of hydrogen-bond acceptors (Lipinski definition) is 5. The van der Waals surface area contributed by atoms with E-state index in [1.165, 1.54) is 16.0 Å². The van der Waals surface area contributed by atoms with Gasteiger partial charge in [0.1, 0.15) is 16.4 Å². The molecule has 0 aliphatic carbocycles. The van der Waals surface area contributed by atoms with Crippen LogP contribution in [0.5, 0.6) is 0 Å². The van der Waals surface area contributed by atoms with E-state index in [-0.39, 0.29) is 17.3 Å². The van der Waals surface area contributed by atoms with Gasteiger partial charge in [0.25, 0.3) is 0 Å². The number of hydrogen-bond donors (Lipinski definition) is 1. The molecule has 0 spiro atoms. The summed E-state index contributed by atoms with van der Waals surface area (Å²) in [4.78, 5) is 0.0470. The van der Waals surface area contributed by atoms with Crippen molar-refractivity contribution in [1.82, 2.24) is 14.1 Å². The maximum atomic E-state index is 12.5. The molecule has 0 aliphatic heterocycles. The summed E-state index contributed by atoms with van der Waals surface area (Å²) in [7, 11) is -0.565. The predicted molar refractivity (Wildman–Crippen MR) is 74.5 cm³/mol. The first-order chi connectivity index (χ1) is 9.23. The van der Waals surface area contributed by atoms with E-state index in [0.29, 0.717) is 11.5 Å². The van der Waals surface area contributed by atoms with E-state index in [0.717, 1.165) is 5.76 Å². The summed E-state index contributed by atoms with van der Waals surface area (Å²) in [5.41, 5.74) is 6.21. The van der Waals surface area contributed by atoms with E-state index in [9.17, 15) is 8.42 Å². The SMILES string of the molecule is Cc1ccc(CN(C)S(=O)(=O)c2c(N)nn(C)c2C)o1. The minimum atomic E-state index is -3.70. The van der Waals surface area contributed by atoms with Crippen LogP contribution in [0, 0.1) is 13.8 Å². The standard InChI is InChI=1S/C12H18N4O3S/c1-8-5-6-10(19-8)7-15(3)20(17,18)11-9(2)16(4)14-12(11)13/h5-6H,7H2,1-4H3,(H2,13,14). The fraction of sp³-hybridized carbons (Fsp3) is 0.417. The Balaban J connectivity index is 2.34. The number of nitrogen functional groups attached to an aromatic ring is 1. The van der Waals surface area contributed by atoms with Crippen molar-refractivity contribution in [2.24, 2.45) is 7.05 Å². The van der Waals surface area contributed by atoms with Gasteiger partial charge in [-0.25, -0.2) is 8.42 Å². The predicted octanol–water partition coefficient (Wildman–Crippen LogP) is 1.03. The van der Waals surface area contributed by atoms with Crippen LogP contribution in [-0.4, -0.2) is 29.6 Å². The number of nitrogens with zero attached hydrogens (tertiary/aromatic N) is 3. The first kappa shape index (κ1) is 14.6. The summed E-state index contributed by atoms with van der Waals surface area (Å²) in [6.45, 7) is 3.62. The van der Waals surface area contributed by atoms with Crippen LogP contribution in [0.4, 0.5) is 5.82 Å². The van der Waals surface area contributed by atoms with Crippen LogP contribution >= 0.6 is 0 Å². The second-order valence-electron chi connectivity index (χ2n) is 4.70. The number of nitrogens with two attached hydrogens (primary N) is 1. The van der Waals surface area contributed by atoms with Crippen LogP contribution in [0.1, 0.15) is 17.2 Å². The molecule has 0 atom stereocenters. The highest BCUT2D eigenvalue weighted by molar-refractivity contribution is 7.89. The smallest absolute Gasteiger partial charge is 0.248 e. The van der Waals surface area contributed by atoms with Crippen LogP contribution in [0.2, 0.25) is 0 Å². The van der Waals surface area contributed by atoms with Gasteiger partial charge in [-0.3, -0.25) is 4.68 Å². The van der Waals surface area contributed by atoms with Crippen molar-refractivity contribution in [2.75, 3.05) is 12.8 Å². The Hall–Kier alpha value is -1.80. The average molecular weight is 298 g/mol. The topological polar surface area (TPSA) is 94.4 Å². The molecule has 8 heteroatoms. The zero-order valence-electron chi connectivity index (χ0n) is 11.9. The minimum Gasteiger partial charge on any atom is -0.465 e. The molecule has 2 rings (SSSR count). The van der Waals surface area contributed by atoms with Crippen molar-refractivity contribution >= 4 is 15.8 Å². The molecule has 0 fully saturated rings. The first-order valence-corrected chi connectivity index (χ1v) is 7.48. The lowest BCUT2D eigenvalue weighted by Gasteiger charge is -2.16. The second kappa shape index (κ2) is 4.95. The Kier molecular flexibility index (Phi) is 3.61. The maximum absolute atomic E-state index is 12.5. The number of rotatable bonds is 4. The Bertz CT molecular complexity index is 730. The van der Waals surface area contributed by atoms with E-state index in [1.807, 2.05) is 0 Å². The molecule has 2 aromatic rings. The summed E-state index contributed by atoms with van der Waals surface area (Å²) < 4.78 is 33.1. The number of aromatic nitrogens is 2. The van der Waals surface area contributed by atoms with Gasteiger partial charge in [-0.05, 0) is 26.0 Å². The van der Waals surface area contributed by atoms with E-state index < -0.39 is 10.0 Å². The van der Waals surface area contributed by atoms with Gasteiger partial charge < -0.3 is 10.2 Å². The number of furan rings is 1. The van der Waals surface area contributed by atoms with Crippen LogP contribution in [0.3, 0.4) is 0 Å². The third-order valence-electron chi connectivity index (χ3n) is 3.15. The van der Waals surface area contributed by atoms with E-state index in [2.05, 4.69) is 5.10 Å². The lowest BCUT2D eigenvalue weighted by Crippen LogP contribution is -2.27. The molecule has 0 aromatic carbocycles. The van der Waals surface area contributed by atoms with Gasteiger partial charge in [0.15, 0.2) is 5.82 Å². The maximum Gasteiger partial charge on any atom is 0.248 e. The Morgan fingerprint density at radius 1 is 1.40 bits per heavy atom. The molecule has 0 radical (unpaired) electrons. The van der Waals surface area contributed by atoms with Crippen LogP contribution in [-0.2, 0) is 23.6 Å². The van der Waals surface area contributed by atoms with Crippen molar-refractivity contribution in [2.45, 2.75) is 25.3 Å². The molecule has 0 saturated carbocycles. The molecular formula is C12H18N4O3S. The fourth-order valence-corrected chi connectivity index (χ4v) is 3.38. The van der Waals surface area contributed by atoms with Crippen molar-refractivity contribution < 1.29 is 12.8 Å². The van der Waals surface area contributed by atoms with E-state index >= 15 is 0 Å². The van der Waals surface area contributed by atoms with Gasteiger partial charge >= 0.3 is 0 Å². The zero-order chi connectivity index (χ0) is 15.1. The molecule has 0 amide bonds. The highest BCUT2D eigenvalue weighted by atomic mass is 32.2. The molecule has 0 saturated heterocycles. The molecule has 7 nitrogen and oxygen atoms in total. The van der Waals surface area contributed by atoms with Gasteiger partial charge in [-0.2, -0.15) is 9.40 Å². The van der Waals surface area contributed by atoms with Crippen molar-refractivity contribution in [3.63, 3.8) is 0 Å². The van der Waals surface area contributed by atoms with Crippen molar-refractivity contribution in [3.8, 4) is 0 Å². The average Bonchev–Trinajstić information content (AvgIpc) is 2.84. The zero-order valence-corrected chi connectivity index (χ0v) is 12.7. The van der Waals surface area contributed by atoms with E-state index in [4.69, 9.17) is 10.2 Å².